The van der Waals surface area contributed by atoms with Gasteiger partial charge in [-0.2, -0.15) is 0 Å². The number of rotatable bonds is 40. The van der Waals surface area contributed by atoms with E-state index in [9.17, 15) is 19.0 Å². The molecular weight excluding hydrogens is 725 g/mol. The van der Waals surface area contributed by atoms with Gasteiger partial charge in [0.25, 0.3) is 0 Å². The summed E-state index contributed by atoms with van der Waals surface area (Å²) in [5, 5.41) is 0. The summed E-state index contributed by atoms with van der Waals surface area (Å²) in [7, 11) is 1.45. The molecule has 2 atom stereocenters. The number of carbonyl (C=O) groups is 2. The van der Waals surface area contributed by atoms with Crippen LogP contribution in [0.2, 0.25) is 0 Å². The quantitative estimate of drug-likeness (QED) is 0.0214. The molecule has 0 amide bonds. The number of nitrogens with zero attached hydrogens (tertiary/aromatic N) is 1. The van der Waals surface area contributed by atoms with Crippen molar-refractivity contribution in [1.82, 2.24) is 0 Å². The van der Waals surface area contributed by atoms with Gasteiger partial charge >= 0.3 is 19.8 Å². The van der Waals surface area contributed by atoms with Crippen LogP contribution in [0, 0.1) is 0 Å². The molecule has 0 bridgehead atoms. The molecule has 0 aliphatic carbocycles. The Hall–Kier alpha value is -2.03. The van der Waals surface area contributed by atoms with Gasteiger partial charge in [-0.15, -0.1) is 0 Å². The van der Waals surface area contributed by atoms with Crippen molar-refractivity contribution in [1.29, 1.82) is 0 Å². The molecule has 0 saturated heterocycles. The number of unbranched alkanes of at least 4 members (excludes halogenated alkanes) is 18. The monoisotopic (exact) mass is 811 g/mol. The van der Waals surface area contributed by atoms with Crippen molar-refractivity contribution < 1.29 is 42.1 Å². The third-order valence-corrected chi connectivity index (χ3v) is 10.3. The fourth-order valence-electron chi connectivity index (χ4n) is 5.78. The van der Waals surface area contributed by atoms with Gasteiger partial charge < -0.3 is 18.9 Å². The molecule has 56 heavy (non-hydrogen) atoms. The summed E-state index contributed by atoms with van der Waals surface area (Å²) in [4.78, 5) is 35.4. The topological polar surface area (TPSA) is 108 Å². The lowest BCUT2D eigenvalue weighted by Crippen LogP contribution is -2.37. The maximum absolute atomic E-state index is 12.7. The minimum atomic E-state index is -4.38. The molecule has 0 saturated carbocycles. The van der Waals surface area contributed by atoms with Gasteiger partial charge in [0.05, 0.1) is 27.7 Å². The average molecular weight is 811 g/mol. The average Bonchev–Trinajstić information content (AvgIpc) is 3.15. The lowest BCUT2D eigenvalue weighted by molar-refractivity contribution is -0.870. The zero-order valence-electron chi connectivity index (χ0n) is 36.6. The fourth-order valence-corrected chi connectivity index (χ4v) is 6.52. The molecule has 0 fully saturated rings. The van der Waals surface area contributed by atoms with Gasteiger partial charge in [0.1, 0.15) is 19.8 Å². The lowest BCUT2D eigenvalue weighted by Gasteiger charge is -2.24. The summed E-state index contributed by atoms with van der Waals surface area (Å²) in [6.45, 7) is 4.34. The van der Waals surface area contributed by atoms with E-state index in [2.05, 4.69) is 62.5 Å². The molecule has 0 rings (SSSR count). The predicted octanol–water partition coefficient (Wildman–Crippen LogP) is 12.7. The highest BCUT2D eigenvalue weighted by Crippen LogP contribution is 2.43. The van der Waals surface area contributed by atoms with Crippen molar-refractivity contribution in [3.05, 3.63) is 48.6 Å². The molecular formula is C46H85NO8P+. The summed E-state index contributed by atoms with van der Waals surface area (Å²) in [6, 6.07) is 0. The number of allylic oxidation sites excluding steroid dienone is 8. The second kappa shape index (κ2) is 38.5. The molecule has 9 nitrogen and oxygen atoms in total. The number of ether oxygens (including phenoxy) is 2. The molecule has 0 aromatic rings. The number of phosphoric ester groups is 1. The second-order valence-electron chi connectivity index (χ2n) is 16.1. The zero-order chi connectivity index (χ0) is 41.4. The Morgan fingerprint density at radius 1 is 0.554 bits per heavy atom. The molecule has 0 aliphatic heterocycles. The molecule has 0 aromatic heterocycles. The van der Waals surface area contributed by atoms with Crippen molar-refractivity contribution in [3.63, 3.8) is 0 Å². The zero-order valence-corrected chi connectivity index (χ0v) is 37.5. The van der Waals surface area contributed by atoms with E-state index in [4.69, 9.17) is 18.5 Å². The van der Waals surface area contributed by atoms with Gasteiger partial charge in [0, 0.05) is 12.8 Å². The maximum atomic E-state index is 12.7. The lowest BCUT2D eigenvalue weighted by atomic mass is 10.1. The molecule has 0 radical (unpaired) electrons. The first-order valence-electron chi connectivity index (χ1n) is 22.4. The Balaban J connectivity index is 4.42. The Morgan fingerprint density at radius 3 is 1.52 bits per heavy atom. The summed E-state index contributed by atoms with van der Waals surface area (Å²) in [5.41, 5.74) is 0. The van der Waals surface area contributed by atoms with Gasteiger partial charge in [0.15, 0.2) is 6.10 Å². The SMILES string of the molecule is CCCCC/C=C/C/C=C/C/C=C/CCCCC(=O)OC[C@H](COP(=O)(O)OCC[N+](C)(C)C)OC(=O)CCCCCCCCC/C=C/CCCCCCCC. The highest BCUT2D eigenvalue weighted by atomic mass is 31.2. The molecule has 1 unspecified atom stereocenters. The highest BCUT2D eigenvalue weighted by molar-refractivity contribution is 7.47. The van der Waals surface area contributed by atoms with E-state index in [0.29, 0.717) is 23.9 Å². The first kappa shape index (κ1) is 54.0. The van der Waals surface area contributed by atoms with Gasteiger partial charge in [-0.3, -0.25) is 18.6 Å². The van der Waals surface area contributed by atoms with Crippen LogP contribution >= 0.6 is 7.82 Å². The number of likely N-dealkylation sites (N-methyl/N-ethyl adjacent to an activating group) is 1. The Bertz CT molecular complexity index is 1100. The number of hydrogen-bond acceptors (Lipinski definition) is 7. The standard InChI is InChI=1S/C46H84NO8P/c1-6-8-10-12-14-16-18-20-22-23-25-27-29-31-33-35-37-39-46(49)55-44(43-54-56(50,51)53-41-40-47(3,4)5)42-52-45(48)38-36-34-32-30-28-26-24-21-19-17-15-13-11-9-7-2/h15,17,20-22,24,28,30,44H,6-14,16,18-19,23,25-27,29,31-43H2,1-5H3/p+1/b17-15+,22-20+,24-21+,30-28+/t44-/m1/s1. The van der Waals surface area contributed by atoms with Crippen LogP contribution in [-0.2, 0) is 32.7 Å². The van der Waals surface area contributed by atoms with Crippen LogP contribution in [0.15, 0.2) is 48.6 Å². The van der Waals surface area contributed by atoms with Crippen molar-refractivity contribution in [3.8, 4) is 0 Å². The Morgan fingerprint density at radius 2 is 0.964 bits per heavy atom. The van der Waals surface area contributed by atoms with Crippen LogP contribution in [0.25, 0.3) is 0 Å². The van der Waals surface area contributed by atoms with E-state index in [0.717, 1.165) is 57.8 Å². The van der Waals surface area contributed by atoms with Crippen LogP contribution in [0.4, 0.5) is 0 Å². The highest BCUT2D eigenvalue weighted by Gasteiger charge is 2.27. The van der Waals surface area contributed by atoms with Gasteiger partial charge in [-0.05, 0) is 77.0 Å². The van der Waals surface area contributed by atoms with Crippen LogP contribution in [0.5, 0.6) is 0 Å². The minimum Gasteiger partial charge on any atom is -0.462 e. The van der Waals surface area contributed by atoms with E-state index in [1.165, 1.54) is 83.5 Å². The first-order chi connectivity index (χ1) is 27.0. The smallest absolute Gasteiger partial charge is 0.462 e. The van der Waals surface area contributed by atoms with E-state index in [-0.39, 0.29) is 26.1 Å². The molecule has 0 aliphatic rings. The van der Waals surface area contributed by atoms with Crippen molar-refractivity contribution in [2.75, 3.05) is 47.5 Å². The number of esters is 2. The van der Waals surface area contributed by atoms with E-state index < -0.39 is 32.5 Å². The van der Waals surface area contributed by atoms with Crippen LogP contribution in [0.1, 0.15) is 181 Å². The van der Waals surface area contributed by atoms with Crippen molar-refractivity contribution in [2.45, 2.75) is 187 Å². The Labute approximate surface area is 343 Å². The minimum absolute atomic E-state index is 0.0236. The van der Waals surface area contributed by atoms with Crippen molar-refractivity contribution in [2.24, 2.45) is 0 Å². The van der Waals surface area contributed by atoms with Crippen LogP contribution in [0.3, 0.4) is 0 Å². The van der Waals surface area contributed by atoms with E-state index in [1.54, 1.807) is 0 Å². The number of hydrogen-bond donors (Lipinski definition) is 1. The summed E-state index contributed by atoms with van der Waals surface area (Å²) >= 11 is 0. The first-order valence-corrected chi connectivity index (χ1v) is 23.9. The van der Waals surface area contributed by atoms with Gasteiger partial charge in [0.2, 0.25) is 0 Å². The maximum Gasteiger partial charge on any atom is 0.472 e. The number of quaternary nitrogens is 1. The summed E-state index contributed by atoms with van der Waals surface area (Å²) in [5.74, 6) is -0.849. The third-order valence-electron chi connectivity index (χ3n) is 9.33. The normalized spacial score (nSPS) is 14.0. The van der Waals surface area contributed by atoms with Gasteiger partial charge in [-0.25, -0.2) is 4.57 Å². The fraction of sp³-hybridized carbons (Fsp3) is 0.783. The Kier molecular flexibility index (Phi) is 37.1. The predicted molar refractivity (Wildman–Crippen MR) is 233 cm³/mol. The third kappa shape index (κ3) is 41.6. The molecule has 326 valence electrons. The molecule has 10 heteroatoms. The number of carbonyl (C=O) groups excluding carboxylic acids is 2. The molecule has 1 N–H and O–H groups in total. The van der Waals surface area contributed by atoms with E-state index in [1.807, 2.05) is 21.1 Å². The van der Waals surface area contributed by atoms with E-state index >= 15 is 0 Å². The largest absolute Gasteiger partial charge is 0.472 e. The molecule has 0 spiro atoms. The molecule has 0 aromatic carbocycles. The van der Waals surface area contributed by atoms with Crippen LogP contribution in [-0.4, -0.2) is 74.9 Å². The second-order valence-corrected chi connectivity index (χ2v) is 17.5. The molecule has 0 heterocycles. The number of phosphoric acid groups is 1. The summed E-state index contributed by atoms with van der Waals surface area (Å²) < 4.78 is 34.3. The van der Waals surface area contributed by atoms with Gasteiger partial charge in [-0.1, -0.05) is 140 Å². The van der Waals surface area contributed by atoms with Crippen LogP contribution < -0.4 is 0 Å². The van der Waals surface area contributed by atoms with Crippen molar-refractivity contribution >= 4 is 19.8 Å². The summed E-state index contributed by atoms with van der Waals surface area (Å²) in [6.07, 6.45) is 44.4.